The van der Waals surface area contributed by atoms with Gasteiger partial charge in [-0.25, -0.2) is 0 Å². The second kappa shape index (κ2) is 6.74. The topological polar surface area (TPSA) is 76.5 Å². The van der Waals surface area contributed by atoms with Crippen LogP contribution >= 0.6 is 0 Å². The monoisotopic (exact) mass is 328 g/mol. The first kappa shape index (κ1) is 16.0. The molecular weight excluding hydrogens is 308 g/mol. The fourth-order valence-corrected chi connectivity index (χ4v) is 2.78. The Bertz CT molecular complexity index is 756. The van der Waals surface area contributed by atoms with Crippen LogP contribution in [0.5, 0.6) is 5.75 Å². The SMILES string of the molecule is CCOc1ccccc1N1C[C@@H](C(=O)Nc2ccn(C)n2)CC1=O. The minimum atomic E-state index is -0.408. The Balaban J connectivity index is 1.73. The highest BCUT2D eigenvalue weighted by Gasteiger charge is 2.36. The lowest BCUT2D eigenvalue weighted by Gasteiger charge is -2.20. The van der Waals surface area contributed by atoms with Crippen LogP contribution in [0.25, 0.3) is 0 Å². The summed E-state index contributed by atoms with van der Waals surface area (Å²) in [5.41, 5.74) is 0.706. The van der Waals surface area contributed by atoms with Crippen molar-refractivity contribution in [1.29, 1.82) is 0 Å². The fraction of sp³-hybridized carbons (Fsp3) is 0.353. The summed E-state index contributed by atoms with van der Waals surface area (Å²) in [6.45, 7) is 2.75. The maximum atomic E-state index is 12.4. The largest absolute Gasteiger partial charge is 0.492 e. The molecule has 0 aliphatic carbocycles. The number of aromatic nitrogens is 2. The number of hydrogen-bond acceptors (Lipinski definition) is 4. The summed E-state index contributed by atoms with van der Waals surface area (Å²) < 4.78 is 7.20. The third-order valence-electron chi connectivity index (χ3n) is 3.92. The molecule has 2 amide bonds. The summed E-state index contributed by atoms with van der Waals surface area (Å²) in [6.07, 6.45) is 1.93. The van der Waals surface area contributed by atoms with E-state index in [1.54, 1.807) is 28.9 Å². The Labute approximate surface area is 140 Å². The molecular formula is C17H20N4O3. The Morgan fingerprint density at radius 1 is 1.38 bits per heavy atom. The lowest BCUT2D eigenvalue weighted by molar-refractivity contribution is -0.122. The quantitative estimate of drug-likeness (QED) is 0.908. The molecule has 1 atom stereocenters. The van der Waals surface area contributed by atoms with Gasteiger partial charge in [0.1, 0.15) is 5.75 Å². The van der Waals surface area contributed by atoms with Crippen molar-refractivity contribution in [2.75, 3.05) is 23.4 Å². The zero-order chi connectivity index (χ0) is 17.1. The van der Waals surface area contributed by atoms with E-state index in [0.29, 0.717) is 30.4 Å². The molecule has 2 aromatic rings. The summed E-state index contributed by atoms with van der Waals surface area (Å²) in [6, 6.07) is 9.10. The van der Waals surface area contributed by atoms with Crippen molar-refractivity contribution in [2.45, 2.75) is 13.3 Å². The van der Waals surface area contributed by atoms with Gasteiger partial charge < -0.3 is 15.0 Å². The molecule has 0 saturated carbocycles. The zero-order valence-corrected chi connectivity index (χ0v) is 13.7. The van der Waals surface area contributed by atoms with Crippen LogP contribution in [-0.4, -0.2) is 34.7 Å². The van der Waals surface area contributed by atoms with Crippen LogP contribution in [0, 0.1) is 5.92 Å². The average molecular weight is 328 g/mol. The maximum absolute atomic E-state index is 12.4. The predicted octanol–water partition coefficient (Wildman–Crippen LogP) is 1.81. The van der Waals surface area contributed by atoms with Gasteiger partial charge in [0.05, 0.1) is 18.2 Å². The number of rotatable bonds is 5. The van der Waals surface area contributed by atoms with Gasteiger partial charge in [-0.15, -0.1) is 0 Å². The summed E-state index contributed by atoms with van der Waals surface area (Å²) in [5, 5.41) is 6.88. The number of nitrogens with zero attached hydrogens (tertiary/aromatic N) is 3. The third-order valence-corrected chi connectivity index (χ3v) is 3.92. The van der Waals surface area contributed by atoms with Crippen LogP contribution < -0.4 is 15.0 Å². The summed E-state index contributed by atoms with van der Waals surface area (Å²) in [5.74, 6) is 0.457. The molecule has 7 nitrogen and oxygen atoms in total. The number of anilines is 2. The van der Waals surface area contributed by atoms with Crippen molar-refractivity contribution in [3.8, 4) is 5.75 Å². The van der Waals surface area contributed by atoms with Crippen LogP contribution in [0.1, 0.15) is 13.3 Å². The van der Waals surface area contributed by atoms with Crippen LogP contribution in [0.15, 0.2) is 36.5 Å². The van der Waals surface area contributed by atoms with Crippen molar-refractivity contribution in [3.63, 3.8) is 0 Å². The van der Waals surface area contributed by atoms with E-state index in [9.17, 15) is 9.59 Å². The first-order valence-corrected chi connectivity index (χ1v) is 7.91. The molecule has 1 N–H and O–H groups in total. The highest BCUT2D eigenvalue weighted by Crippen LogP contribution is 2.33. The number of benzene rings is 1. The molecule has 0 unspecified atom stereocenters. The normalized spacial score (nSPS) is 17.2. The minimum Gasteiger partial charge on any atom is -0.492 e. The molecule has 7 heteroatoms. The van der Waals surface area contributed by atoms with E-state index in [2.05, 4.69) is 10.4 Å². The number of carbonyl (C=O) groups is 2. The second-order valence-corrected chi connectivity index (χ2v) is 5.67. The van der Waals surface area contributed by atoms with Crippen molar-refractivity contribution < 1.29 is 14.3 Å². The smallest absolute Gasteiger partial charge is 0.231 e. The first-order valence-electron chi connectivity index (χ1n) is 7.91. The Morgan fingerprint density at radius 3 is 2.88 bits per heavy atom. The van der Waals surface area contributed by atoms with E-state index in [1.807, 2.05) is 31.2 Å². The Hall–Kier alpha value is -2.83. The number of aryl methyl sites for hydroxylation is 1. The summed E-state index contributed by atoms with van der Waals surface area (Å²) in [4.78, 5) is 26.4. The molecule has 1 aliphatic rings. The predicted molar refractivity (Wildman–Crippen MR) is 89.9 cm³/mol. The van der Waals surface area contributed by atoms with Crippen LogP contribution in [0.3, 0.4) is 0 Å². The van der Waals surface area contributed by atoms with Gasteiger partial charge in [-0.05, 0) is 19.1 Å². The molecule has 3 rings (SSSR count). The van der Waals surface area contributed by atoms with Gasteiger partial charge in [0, 0.05) is 32.3 Å². The maximum Gasteiger partial charge on any atom is 0.231 e. The van der Waals surface area contributed by atoms with E-state index < -0.39 is 5.92 Å². The molecule has 0 bridgehead atoms. The van der Waals surface area contributed by atoms with E-state index >= 15 is 0 Å². The summed E-state index contributed by atoms with van der Waals surface area (Å²) >= 11 is 0. The highest BCUT2D eigenvalue weighted by atomic mass is 16.5. The molecule has 1 fully saturated rings. The van der Waals surface area contributed by atoms with Gasteiger partial charge >= 0.3 is 0 Å². The number of carbonyl (C=O) groups excluding carboxylic acids is 2. The fourth-order valence-electron chi connectivity index (χ4n) is 2.78. The number of nitrogens with one attached hydrogen (secondary N) is 1. The first-order chi connectivity index (χ1) is 11.6. The highest BCUT2D eigenvalue weighted by molar-refractivity contribution is 6.03. The number of hydrogen-bond donors (Lipinski definition) is 1. The molecule has 1 aliphatic heterocycles. The van der Waals surface area contributed by atoms with Gasteiger partial charge in [0.15, 0.2) is 5.82 Å². The molecule has 24 heavy (non-hydrogen) atoms. The molecule has 0 spiro atoms. The van der Waals surface area contributed by atoms with Crippen molar-refractivity contribution in [1.82, 2.24) is 9.78 Å². The lowest BCUT2D eigenvalue weighted by atomic mass is 10.1. The van der Waals surface area contributed by atoms with Gasteiger partial charge in [-0.1, -0.05) is 12.1 Å². The van der Waals surface area contributed by atoms with Crippen molar-refractivity contribution >= 4 is 23.3 Å². The molecule has 126 valence electrons. The van der Waals surface area contributed by atoms with Crippen LogP contribution in [0.4, 0.5) is 11.5 Å². The minimum absolute atomic E-state index is 0.0803. The Morgan fingerprint density at radius 2 is 2.17 bits per heavy atom. The molecule has 1 aromatic heterocycles. The van der Waals surface area contributed by atoms with E-state index in [-0.39, 0.29) is 18.2 Å². The number of amides is 2. The van der Waals surface area contributed by atoms with Gasteiger partial charge in [0.25, 0.3) is 0 Å². The summed E-state index contributed by atoms with van der Waals surface area (Å²) in [7, 11) is 1.78. The number of para-hydroxylation sites is 2. The molecule has 1 aromatic carbocycles. The lowest BCUT2D eigenvalue weighted by Crippen LogP contribution is -2.28. The van der Waals surface area contributed by atoms with Crippen LogP contribution in [-0.2, 0) is 16.6 Å². The average Bonchev–Trinajstić information content (AvgIpc) is 3.14. The van der Waals surface area contributed by atoms with Gasteiger partial charge in [-0.2, -0.15) is 5.10 Å². The molecule has 1 saturated heterocycles. The standard InChI is InChI=1S/C17H20N4O3/c1-3-24-14-7-5-4-6-13(14)21-11-12(10-16(21)22)17(23)18-15-8-9-20(2)19-15/h4-9,12H,3,10-11H2,1-2H3,(H,18,19,23)/t12-/m0/s1. The van der Waals surface area contributed by atoms with E-state index in [0.717, 1.165) is 0 Å². The molecule has 0 radical (unpaired) electrons. The zero-order valence-electron chi connectivity index (χ0n) is 13.7. The van der Waals surface area contributed by atoms with Gasteiger partial charge in [0.2, 0.25) is 11.8 Å². The number of ether oxygens (including phenoxy) is 1. The van der Waals surface area contributed by atoms with E-state index in [1.165, 1.54) is 0 Å². The molecule has 2 heterocycles. The van der Waals surface area contributed by atoms with Crippen molar-refractivity contribution in [3.05, 3.63) is 36.5 Å². The third kappa shape index (κ3) is 3.24. The Kier molecular flexibility index (Phi) is 4.50. The van der Waals surface area contributed by atoms with Gasteiger partial charge in [-0.3, -0.25) is 14.3 Å². The van der Waals surface area contributed by atoms with E-state index in [4.69, 9.17) is 4.74 Å². The van der Waals surface area contributed by atoms with Crippen molar-refractivity contribution in [2.24, 2.45) is 13.0 Å². The van der Waals surface area contributed by atoms with Crippen LogP contribution in [0.2, 0.25) is 0 Å². The second-order valence-electron chi connectivity index (χ2n) is 5.67.